The van der Waals surface area contributed by atoms with Crippen LogP contribution in [0.25, 0.3) is 11.1 Å². The number of amides is 1. The summed E-state index contributed by atoms with van der Waals surface area (Å²) in [5.74, 6) is 1.38. The molecule has 3 aromatic rings. The number of furan rings is 1. The summed E-state index contributed by atoms with van der Waals surface area (Å²) in [7, 11) is 0. The Balaban J connectivity index is 1.71. The molecule has 2 aromatic heterocycles. The topological polar surface area (TPSA) is 86.5 Å². The standard InChI is InChI=1S/C18H19N3O4/c1-4-23-14-8-6-5-7-13(14)21-15(22)9-24-17-16-11(2)12(3)25-18(16)20-10-19-17/h5-8,10H,4,9H2,1-3H3,(H,21,22). The Morgan fingerprint density at radius 3 is 2.80 bits per heavy atom. The summed E-state index contributed by atoms with van der Waals surface area (Å²) in [6, 6.07) is 7.24. The summed E-state index contributed by atoms with van der Waals surface area (Å²) in [4.78, 5) is 20.4. The molecule has 3 rings (SSSR count). The van der Waals surface area contributed by atoms with Crippen molar-refractivity contribution in [2.24, 2.45) is 0 Å². The zero-order valence-corrected chi connectivity index (χ0v) is 14.3. The van der Waals surface area contributed by atoms with Crippen LogP contribution in [0.1, 0.15) is 18.2 Å². The van der Waals surface area contributed by atoms with Crippen molar-refractivity contribution in [3.63, 3.8) is 0 Å². The highest BCUT2D eigenvalue weighted by Crippen LogP contribution is 2.29. The monoisotopic (exact) mass is 341 g/mol. The third-order valence-electron chi connectivity index (χ3n) is 3.73. The molecular formula is C18H19N3O4. The summed E-state index contributed by atoms with van der Waals surface area (Å²) in [6.45, 7) is 5.96. The van der Waals surface area contributed by atoms with E-state index in [9.17, 15) is 4.79 Å². The van der Waals surface area contributed by atoms with E-state index in [4.69, 9.17) is 13.9 Å². The third-order valence-corrected chi connectivity index (χ3v) is 3.73. The normalized spacial score (nSPS) is 10.7. The van der Waals surface area contributed by atoms with Gasteiger partial charge in [0.1, 0.15) is 23.2 Å². The first-order chi connectivity index (χ1) is 12.1. The van der Waals surface area contributed by atoms with Crippen LogP contribution in [0, 0.1) is 13.8 Å². The molecule has 0 aliphatic carbocycles. The lowest BCUT2D eigenvalue weighted by molar-refractivity contribution is -0.118. The zero-order chi connectivity index (χ0) is 17.8. The van der Waals surface area contributed by atoms with Crippen LogP contribution in [0.4, 0.5) is 5.69 Å². The van der Waals surface area contributed by atoms with Crippen LogP contribution < -0.4 is 14.8 Å². The number of ether oxygens (including phenoxy) is 2. The molecule has 1 N–H and O–H groups in total. The minimum Gasteiger partial charge on any atom is -0.492 e. The highest BCUT2D eigenvalue weighted by atomic mass is 16.5. The molecule has 0 aliphatic heterocycles. The molecule has 25 heavy (non-hydrogen) atoms. The predicted molar refractivity (Wildman–Crippen MR) is 93.0 cm³/mol. The second-order valence-electron chi connectivity index (χ2n) is 5.41. The van der Waals surface area contributed by atoms with Gasteiger partial charge in [0.25, 0.3) is 5.91 Å². The van der Waals surface area contributed by atoms with E-state index in [0.29, 0.717) is 35.0 Å². The number of rotatable bonds is 6. The summed E-state index contributed by atoms with van der Waals surface area (Å²) in [6.07, 6.45) is 1.35. The molecular weight excluding hydrogens is 322 g/mol. The number of carbonyl (C=O) groups is 1. The van der Waals surface area contributed by atoms with Crippen LogP contribution in [-0.4, -0.2) is 29.1 Å². The number of para-hydroxylation sites is 2. The maximum absolute atomic E-state index is 12.2. The SMILES string of the molecule is CCOc1ccccc1NC(=O)COc1ncnc2oc(C)c(C)c12. The summed E-state index contributed by atoms with van der Waals surface area (Å²) in [5, 5.41) is 3.46. The van der Waals surface area contributed by atoms with Gasteiger partial charge in [0.15, 0.2) is 6.61 Å². The Hall–Kier alpha value is -3.09. The lowest BCUT2D eigenvalue weighted by Crippen LogP contribution is -2.21. The highest BCUT2D eigenvalue weighted by Gasteiger charge is 2.16. The maximum Gasteiger partial charge on any atom is 0.262 e. The van der Waals surface area contributed by atoms with Gasteiger partial charge >= 0.3 is 0 Å². The van der Waals surface area contributed by atoms with E-state index >= 15 is 0 Å². The van der Waals surface area contributed by atoms with Crippen LogP contribution in [0.3, 0.4) is 0 Å². The Bertz CT molecular complexity index is 904. The van der Waals surface area contributed by atoms with Crippen LogP contribution >= 0.6 is 0 Å². The number of nitrogens with zero attached hydrogens (tertiary/aromatic N) is 2. The fraction of sp³-hybridized carbons (Fsp3) is 0.278. The van der Waals surface area contributed by atoms with Gasteiger partial charge in [-0.3, -0.25) is 4.79 Å². The van der Waals surface area contributed by atoms with E-state index in [1.165, 1.54) is 6.33 Å². The van der Waals surface area contributed by atoms with Gasteiger partial charge < -0.3 is 19.2 Å². The molecule has 130 valence electrons. The van der Waals surface area contributed by atoms with E-state index in [2.05, 4.69) is 15.3 Å². The van der Waals surface area contributed by atoms with Gasteiger partial charge in [-0.2, -0.15) is 0 Å². The Morgan fingerprint density at radius 1 is 1.20 bits per heavy atom. The smallest absolute Gasteiger partial charge is 0.262 e. The van der Waals surface area contributed by atoms with Gasteiger partial charge in [-0.05, 0) is 32.9 Å². The molecule has 0 saturated carbocycles. The molecule has 0 bridgehead atoms. The van der Waals surface area contributed by atoms with Crippen molar-refractivity contribution in [2.45, 2.75) is 20.8 Å². The summed E-state index contributed by atoms with van der Waals surface area (Å²) >= 11 is 0. The first-order valence-electron chi connectivity index (χ1n) is 7.95. The van der Waals surface area contributed by atoms with Crippen LogP contribution in [-0.2, 0) is 4.79 Å². The van der Waals surface area contributed by atoms with Crippen molar-refractivity contribution in [3.05, 3.63) is 41.9 Å². The van der Waals surface area contributed by atoms with E-state index < -0.39 is 0 Å². The molecule has 0 saturated heterocycles. The van der Waals surface area contributed by atoms with Gasteiger partial charge in [-0.15, -0.1) is 0 Å². The molecule has 0 radical (unpaired) electrons. The molecule has 1 amide bonds. The predicted octanol–water partition coefficient (Wildman–Crippen LogP) is 3.26. The summed E-state index contributed by atoms with van der Waals surface area (Å²) < 4.78 is 16.6. The van der Waals surface area contributed by atoms with Crippen LogP contribution in [0.15, 0.2) is 35.0 Å². The van der Waals surface area contributed by atoms with Gasteiger partial charge in [0, 0.05) is 5.56 Å². The molecule has 0 unspecified atom stereocenters. The number of nitrogens with one attached hydrogen (secondary N) is 1. The number of carbonyl (C=O) groups excluding carboxylic acids is 1. The Labute approximate surface area is 145 Å². The quantitative estimate of drug-likeness (QED) is 0.740. The fourth-order valence-electron chi connectivity index (χ4n) is 2.43. The Kier molecular flexibility index (Phi) is 4.83. The molecule has 2 heterocycles. The van der Waals surface area contributed by atoms with E-state index in [-0.39, 0.29) is 12.5 Å². The van der Waals surface area contributed by atoms with E-state index in [1.54, 1.807) is 12.1 Å². The average molecular weight is 341 g/mol. The van der Waals surface area contributed by atoms with Gasteiger partial charge in [-0.25, -0.2) is 9.97 Å². The van der Waals surface area contributed by atoms with Crippen molar-refractivity contribution in [3.8, 4) is 11.6 Å². The summed E-state index contributed by atoms with van der Waals surface area (Å²) in [5.41, 5.74) is 1.94. The number of hydrogen-bond donors (Lipinski definition) is 1. The largest absolute Gasteiger partial charge is 0.492 e. The second kappa shape index (κ2) is 7.21. The van der Waals surface area contributed by atoms with Gasteiger partial charge in [0.2, 0.25) is 11.6 Å². The average Bonchev–Trinajstić information content (AvgIpc) is 2.90. The maximum atomic E-state index is 12.2. The molecule has 7 nitrogen and oxygen atoms in total. The lowest BCUT2D eigenvalue weighted by Gasteiger charge is -2.11. The fourth-order valence-corrected chi connectivity index (χ4v) is 2.43. The molecule has 0 atom stereocenters. The second-order valence-corrected chi connectivity index (χ2v) is 5.41. The number of benzene rings is 1. The van der Waals surface area contributed by atoms with Crippen LogP contribution in [0.5, 0.6) is 11.6 Å². The third kappa shape index (κ3) is 3.55. The minimum absolute atomic E-state index is 0.184. The number of anilines is 1. The van der Waals surface area contributed by atoms with Crippen molar-refractivity contribution in [2.75, 3.05) is 18.5 Å². The zero-order valence-electron chi connectivity index (χ0n) is 14.3. The molecule has 0 aliphatic rings. The van der Waals surface area contributed by atoms with Crippen molar-refractivity contribution < 1.29 is 18.7 Å². The van der Waals surface area contributed by atoms with E-state index in [1.807, 2.05) is 32.9 Å². The van der Waals surface area contributed by atoms with Crippen molar-refractivity contribution >= 4 is 22.7 Å². The molecule has 7 heteroatoms. The Morgan fingerprint density at radius 2 is 2.00 bits per heavy atom. The first kappa shape index (κ1) is 16.8. The van der Waals surface area contributed by atoms with Gasteiger partial charge in [0.05, 0.1) is 12.3 Å². The molecule has 0 spiro atoms. The first-order valence-corrected chi connectivity index (χ1v) is 7.95. The number of aromatic nitrogens is 2. The molecule has 0 fully saturated rings. The lowest BCUT2D eigenvalue weighted by atomic mass is 10.2. The molecule has 1 aromatic carbocycles. The van der Waals surface area contributed by atoms with Crippen LogP contribution in [0.2, 0.25) is 0 Å². The number of fused-ring (bicyclic) bond motifs is 1. The van der Waals surface area contributed by atoms with E-state index in [0.717, 1.165) is 11.3 Å². The number of aryl methyl sites for hydroxylation is 2. The van der Waals surface area contributed by atoms with Gasteiger partial charge in [-0.1, -0.05) is 12.1 Å². The highest BCUT2D eigenvalue weighted by molar-refractivity contribution is 5.93. The minimum atomic E-state index is -0.309. The van der Waals surface area contributed by atoms with Crippen molar-refractivity contribution in [1.82, 2.24) is 9.97 Å². The van der Waals surface area contributed by atoms with Crippen molar-refractivity contribution in [1.29, 1.82) is 0 Å². The number of hydrogen-bond acceptors (Lipinski definition) is 6.